The minimum Gasteiger partial charge on any atom is -0.444 e. The van der Waals surface area contributed by atoms with Crippen LogP contribution < -0.4 is 10.6 Å². The number of rotatable bonds is 9. The summed E-state index contributed by atoms with van der Waals surface area (Å²) in [6, 6.07) is 8.03. The Morgan fingerprint density at radius 2 is 1.57 bits per heavy atom. The first-order chi connectivity index (χ1) is 17.3. The number of carbonyl (C=O) groups excluding carboxylic acids is 3. The summed E-state index contributed by atoms with van der Waals surface area (Å²) in [7, 11) is 0. The van der Waals surface area contributed by atoms with E-state index in [9.17, 15) is 24.6 Å². The topological polar surface area (TPSA) is 128 Å². The molecule has 0 aliphatic rings. The number of benzene rings is 2. The minimum atomic E-state index is -1.41. The fraction of sp³-hybridized carbons (Fsp3) is 0.444. The summed E-state index contributed by atoms with van der Waals surface area (Å²) >= 11 is 6.34. The Labute approximate surface area is 222 Å². The van der Waals surface area contributed by atoms with E-state index in [0.29, 0.717) is 16.3 Å². The third-order valence-electron chi connectivity index (χ3n) is 5.64. The monoisotopic (exact) mass is 533 g/mol. The number of nitrogens with zero attached hydrogens (tertiary/aromatic N) is 1. The number of alkyl carbamates (subject to hydrolysis) is 1. The number of nitrogens with one attached hydrogen (secondary N) is 2. The molecule has 0 spiro atoms. The van der Waals surface area contributed by atoms with Crippen LogP contribution in [0.1, 0.15) is 49.1 Å². The van der Waals surface area contributed by atoms with Gasteiger partial charge in [-0.15, -0.1) is 0 Å². The summed E-state index contributed by atoms with van der Waals surface area (Å²) in [6.07, 6.45) is -0.899. The van der Waals surface area contributed by atoms with Crippen molar-refractivity contribution in [2.24, 2.45) is 0 Å². The number of amides is 3. The van der Waals surface area contributed by atoms with E-state index in [0.717, 1.165) is 21.6 Å². The maximum absolute atomic E-state index is 13.8. The molecule has 0 heterocycles. The van der Waals surface area contributed by atoms with Gasteiger partial charge in [-0.25, -0.2) is 4.79 Å². The largest absolute Gasteiger partial charge is 0.444 e. The third kappa shape index (κ3) is 7.92. The van der Waals surface area contributed by atoms with Crippen LogP contribution in [0.2, 0.25) is 5.02 Å². The van der Waals surface area contributed by atoms with E-state index in [1.807, 2.05) is 32.0 Å². The molecule has 0 aliphatic carbocycles. The summed E-state index contributed by atoms with van der Waals surface area (Å²) in [5.41, 5.74) is 2.33. The zero-order chi connectivity index (χ0) is 27.9. The Kier molecular flexibility index (Phi) is 10.5. The highest BCUT2D eigenvalue weighted by atomic mass is 35.5. The second kappa shape index (κ2) is 12.9. The number of aliphatic hydroxyl groups excluding tert-OH is 2. The van der Waals surface area contributed by atoms with Crippen LogP contribution in [0.5, 0.6) is 0 Å². The van der Waals surface area contributed by atoms with Crippen LogP contribution in [-0.2, 0) is 14.3 Å². The first-order valence-corrected chi connectivity index (χ1v) is 12.3. The van der Waals surface area contributed by atoms with Crippen LogP contribution >= 0.6 is 11.6 Å². The standard InChI is InChI=1S/C27H36ClN3O6/c1-16-9-7-10-17(2)21(16)23(24(34)30-22-18(3)11-8-12-19(22)28)31(13-14-32)25(35)20(15-33)29-26(36)37-27(4,5)6/h7-12,20,23,32-33H,13-15H2,1-6H3,(H,29,36)(H,30,34). The number of aryl methyl sites for hydroxylation is 3. The highest BCUT2D eigenvalue weighted by molar-refractivity contribution is 6.34. The Morgan fingerprint density at radius 1 is 1.00 bits per heavy atom. The van der Waals surface area contributed by atoms with Gasteiger partial charge in [-0.2, -0.15) is 0 Å². The molecule has 2 aromatic rings. The van der Waals surface area contributed by atoms with Crippen LogP contribution in [-0.4, -0.2) is 64.4 Å². The smallest absolute Gasteiger partial charge is 0.408 e. The number of halogens is 1. The molecule has 9 nitrogen and oxygen atoms in total. The van der Waals surface area contributed by atoms with Crippen molar-refractivity contribution in [2.75, 3.05) is 25.1 Å². The van der Waals surface area contributed by atoms with E-state index in [-0.39, 0.29) is 6.54 Å². The van der Waals surface area contributed by atoms with E-state index >= 15 is 0 Å². The molecule has 2 atom stereocenters. The predicted molar refractivity (Wildman–Crippen MR) is 143 cm³/mol. The van der Waals surface area contributed by atoms with Gasteiger partial charge in [-0.1, -0.05) is 41.9 Å². The van der Waals surface area contributed by atoms with Gasteiger partial charge in [0.25, 0.3) is 5.91 Å². The molecule has 0 bridgehead atoms. The van der Waals surface area contributed by atoms with Crippen molar-refractivity contribution >= 4 is 35.2 Å². The third-order valence-corrected chi connectivity index (χ3v) is 5.96. The summed E-state index contributed by atoms with van der Waals surface area (Å²) in [6.45, 7) is 8.97. The molecule has 0 saturated heterocycles. The summed E-state index contributed by atoms with van der Waals surface area (Å²) < 4.78 is 5.22. The normalized spacial score (nSPS) is 12.9. The first-order valence-electron chi connectivity index (χ1n) is 11.9. The molecule has 2 aromatic carbocycles. The number of para-hydroxylation sites is 1. The van der Waals surface area contributed by atoms with Gasteiger partial charge in [0.15, 0.2) is 0 Å². The van der Waals surface area contributed by atoms with Gasteiger partial charge in [0, 0.05) is 6.54 Å². The molecule has 0 saturated carbocycles. The molecule has 2 unspecified atom stereocenters. The highest BCUT2D eigenvalue weighted by Crippen LogP contribution is 2.32. The van der Waals surface area contributed by atoms with Crippen molar-refractivity contribution in [3.05, 3.63) is 63.7 Å². The average Bonchev–Trinajstić information content (AvgIpc) is 2.79. The van der Waals surface area contributed by atoms with Crippen molar-refractivity contribution in [3.8, 4) is 0 Å². The number of hydrogen-bond acceptors (Lipinski definition) is 6. The van der Waals surface area contributed by atoms with Crippen molar-refractivity contribution in [1.29, 1.82) is 0 Å². The van der Waals surface area contributed by atoms with E-state index in [2.05, 4.69) is 10.6 Å². The molecule has 0 aromatic heterocycles. The first kappa shape index (κ1) is 30.1. The molecular weight excluding hydrogens is 498 g/mol. The molecule has 37 heavy (non-hydrogen) atoms. The van der Waals surface area contributed by atoms with Crippen molar-refractivity contribution < 1.29 is 29.3 Å². The fourth-order valence-corrected chi connectivity index (χ4v) is 4.25. The van der Waals surface area contributed by atoms with Gasteiger partial charge in [0.2, 0.25) is 5.91 Å². The van der Waals surface area contributed by atoms with Crippen LogP contribution in [0.15, 0.2) is 36.4 Å². The quantitative estimate of drug-likeness (QED) is 0.389. The van der Waals surface area contributed by atoms with Gasteiger partial charge < -0.3 is 30.5 Å². The molecule has 3 amide bonds. The second-order valence-electron chi connectivity index (χ2n) is 9.77. The zero-order valence-electron chi connectivity index (χ0n) is 22.1. The molecule has 4 N–H and O–H groups in total. The van der Waals surface area contributed by atoms with Gasteiger partial charge in [0.1, 0.15) is 17.7 Å². The molecule has 2 rings (SSSR count). The molecule has 0 radical (unpaired) electrons. The molecule has 10 heteroatoms. The lowest BCUT2D eigenvalue weighted by atomic mass is 9.93. The van der Waals surface area contributed by atoms with E-state index in [1.165, 1.54) is 0 Å². The van der Waals surface area contributed by atoms with E-state index in [4.69, 9.17) is 16.3 Å². The maximum atomic E-state index is 13.8. The minimum absolute atomic E-state index is 0.237. The van der Waals surface area contributed by atoms with Crippen molar-refractivity contribution in [1.82, 2.24) is 10.2 Å². The average molecular weight is 534 g/mol. The number of ether oxygens (including phenoxy) is 1. The fourth-order valence-electron chi connectivity index (χ4n) is 3.98. The molecule has 202 valence electrons. The SMILES string of the molecule is Cc1cccc(Cl)c1NC(=O)C(c1c(C)cccc1C)N(CCO)C(=O)C(CO)NC(=O)OC(C)(C)C. The van der Waals surface area contributed by atoms with Crippen LogP contribution in [0, 0.1) is 20.8 Å². The predicted octanol–water partition coefficient (Wildman–Crippen LogP) is 3.65. The number of carbonyl (C=O) groups is 3. The van der Waals surface area contributed by atoms with Gasteiger partial charge in [0.05, 0.1) is 23.9 Å². The Bertz CT molecular complexity index is 1090. The maximum Gasteiger partial charge on any atom is 0.408 e. The lowest BCUT2D eigenvalue weighted by Crippen LogP contribution is -2.54. The van der Waals surface area contributed by atoms with Crippen LogP contribution in [0.4, 0.5) is 10.5 Å². The Balaban J connectivity index is 2.56. The van der Waals surface area contributed by atoms with Crippen LogP contribution in [0.25, 0.3) is 0 Å². The Hall–Kier alpha value is -3.14. The van der Waals surface area contributed by atoms with Gasteiger partial charge in [-0.3, -0.25) is 9.59 Å². The number of anilines is 1. The van der Waals surface area contributed by atoms with Crippen molar-refractivity contribution in [2.45, 2.75) is 59.2 Å². The van der Waals surface area contributed by atoms with Crippen molar-refractivity contribution in [3.63, 3.8) is 0 Å². The lowest BCUT2D eigenvalue weighted by Gasteiger charge is -2.35. The highest BCUT2D eigenvalue weighted by Gasteiger charge is 2.37. The van der Waals surface area contributed by atoms with E-state index < -0.39 is 48.8 Å². The second-order valence-corrected chi connectivity index (χ2v) is 10.2. The zero-order valence-corrected chi connectivity index (χ0v) is 22.8. The number of aliphatic hydroxyl groups is 2. The molecular formula is C27H36ClN3O6. The molecule has 0 fully saturated rings. The van der Waals surface area contributed by atoms with Crippen LogP contribution in [0.3, 0.4) is 0 Å². The van der Waals surface area contributed by atoms with Gasteiger partial charge in [-0.05, 0) is 69.9 Å². The van der Waals surface area contributed by atoms with Gasteiger partial charge >= 0.3 is 6.09 Å². The lowest BCUT2D eigenvalue weighted by molar-refractivity contribution is -0.142. The summed E-state index contributed by atoms with van der Waals surface area (Å²) in [5.74, 6) is -1.33. The van der Waals surface area contributed by atoms with E-state index in [1.54, 1.807) is 45.9 Å². The molecule has 0 aliphatic heterocycles. The summed E-state index contributed by atoms with van der Waals surface area (Å²) in [4.78, 5) is 41.0. The Morgan fingerprint density at radius 3 is 2.08 bits per heavy atom. The summed E-state index contributed by atoms with van der Waals surface area (Å²) in [5, 5.41) is 25.3. The number of hydrogen-bond donors (Lipinski definition) is 4.